The van der Waals surface area contributed by atoms with Crippen LogP contribution in [0, 0.1) is 0 Å². The molecule has 1 aliphatic rings. The molecule has 0 bridgehead atoms. The molecule has 1 fully saturated rings. The van der Waals surface area contributed by atoms with Crippen LogP contribution in [0.1, 0.15) is 70.9 Å². The molecule has 0 spiro atoms. The third-order valence-electron chi connectivity index (χ3n) is 3.93. The number of pyridine rings is 1. The first-order chi connectivity index (χ1) is 17.1. The largest absolute Gasteiger partial charge is 1.00 e. The molecule has 0 aliphatic carbocycles. The first-order valence-electron chi connectivity index (χ1n) is 14.0. The minimum Gasteiger partial charge on any atom is -0.871 e. The molecule has 1 aliphatic heterocycles. The van der Waals surface area contributed by atoms with Gasteiger partial charge in [0.25, 0.3) is 11.5 Å². The minimum atomic E-state index is -3.17. The van der Waals surface area contributed by atoms with E-state index < -0.39 is 83.1 Å². The topological polar surface area (TPSA) is 77.4 Å². The third-order valence-corrected chi connectivity index (χ3v) is 4.72. The van der Waals surface area contributed by atoms with Gasteiger partial charge in [0.05, 0.1) is 9.68 Å². The van der Waals surface area contributed by atoms with Crippen LogP contribution in [0.25, 0.3) is 10.2 Å². The maximum absolute atomic E-state index is 13.4. The van der Waals surface area contributed by atoms with Gasteiger partial charge < -0.3 is 15.3 Å². The minimum absolute atomic E-state index is 0. The molecule has 0 aromatic carbocycles. The number of amides is 1. The summed E-state index contributed by atoms with van der Waals surface area (Å²) in [7, 11) is 0. The van der Waals surface area contributed by atoms with Gasteiger partial charge in [0, 0.05) is 28.9 Å². The molecule has 3 heterocycles. The third kappa shape index (κ3) is 5.23. The van der Waals surface area contributed by atoms with Crippen LogP contribution in [0.5, 0.6) is 5.75 Å². The fourth-order valence-electron chi connectivity index (χ4n) is 2.67. The van der Waals surface area contributed by atoms with E-state index in [2.05, 4.69) is 0 Å². The number of carbonyl (C=O) groups is 1. The molecule has 1 N–H and O–H groups in total. The standard InChI is InChI=1S/C19H27N3O3S.K/c1-13(2)22-18(25)15(16(23)14-7-12-26-19(14)22)17(24)20-8-6-11-21-9-4-3-5-10-21;/h7,12-13,23H,3-6,8-11H2,1-2H3,(H,20,24);/q;+1/p-1/i1D3,3D2,7D,8D2,11D,12D,13D;/hD. The van der Waals surface area contributed by atoms with Crippen LogP contribution < -0.4 is 67.4 Å². The second-order valence-electron chi connectivity index (χ2n) is 5.69. The van der Waals surface area contributed by atoms with Crippen molar-refractivity contribution in [2.45, 2.75) is 45.4 Å². The molecular weight excluding hydrogens is 389 g/mol. The number of aromatic nitrogens is 1. The van der Waals surface area contributed by atoms with Gasteiger partial charge in [-0.3, -0.25) is 14.2 Å². The molecular formula is C19H26KN3O3S. The Morgan fingerprint density at radius 2 is 2.37 bits per heavy atom. The SMILES string of the molecule is [2H]c1sc2c(c1[2H])c([O-])c(C(=O)N([2H])C([2H])([2H])CC([2H])N1CCC([2H])([2H])CC1)c(=O)n2C([2H])(C)C([2H])([2H])[2H].[K+]. The van der Waals surface area contributed by atoms with Crippen molar-refractivity contribution >= 4 is 27.5 Å². The van der Waals surface area contributed by atoms with Gasteiger partial charge in [-0.1, -0.05) is 12.1 Å². The summed E-state index contributed by atoms with van der Waals surface area (Å²) in [5, 5.41) is 11.7. The predicted molar refractivity (Wildman–Crippen MR) is 103 cm³/mol. The van der Waals surface area contributed by atoms with Gasteiger partial charge in [0.1, 0.15) is 4.83 Å². The Labute approximate surface area is 223 Å². The van der Waals surface area contributed by atoms with Crippen LogP contribution in [0.3, 0.4) is 0 Å². The van der Waals surface area contributed by atoms with Crippen molar-refractivity contribution in [3.8, 4) is 5.75 Å². The van der Waals surface area contributed by atoms with E-state index in [1.165, 1.54) is 4.90 Å². The zero-order chi connectivity index (χ0) is 29.2. The Morgan fingerprint density at radius 1 is 1.63 bits per heavy atom. The molecule has 3 rings (SSSR count). The molecule has 27 heavy (non-hydrogen) atoms. The molecule has 2 atom stereocenters. The van der Waals surface area contributed by atoms with Crippen LogP contribution in [0.4, 0.5) is 0 Å². The Morgan fingerprint density at radius 3 is 3.07 bits per heavy atom. The number of nitrogens with one attached hydrogen (secondary N) is 1. The zero-order valence-electron chi connectivity index (χ0n) is 27.1. The molecule has 2 unspecified atom stereocenters. The number of hydrogen-bond donors (Lipinski definition) is 1. The molecule has 8 heteroatoms. The normalized spacial score (nSPS) is 27.7. The van der Waals surface area contributed by atoms with Crippen LogP contribution in [-0.2, 0) is 0 Å². The van der Waals surface area contributed by atoms with Gasteiger partial charge in [-0.2, -0.15) is 0 Å². The number of thiophene rings is 1. The summed E-state index contributed by atoms with van der Waals surface area (Å²) < 4.78 is 96.0. The summed E-state index contributed by atoms with van der Waals surface area (Å²) in [4.78, 5) is 27.6. The smallest absolute Gasteiger partial charge is 0.871 e. The van der Waals surface area contributed by atoms with E-state index in [0.717, 1.165) is 6.92 Å². The van der Waals surface area contributed by atoms with Crippen molar-refractivity contribution in [3.63, 3.8) is 0 Å². The Balaban J connectivity index is 0.00000533. The van der Waals surface area contributed by atoms with Crippen molar-refractivity contribution in [1.29, 1.82) is 0 Å². The molecule has 142 valence electrons. The van der Waals surface area contributed by atoms with Crippen LogP contribution >= 0.6 is 11.3 Å². The van der Waals surface area contributed by atoms with E-state index in [9.17, 15) is 14.7 Å². The van der Waals surface area contributed by atoms with E-state index in [4.69, 9.17) is 16.5 Å². The molecule has 0 saturated carbocycles. The van der Waals surface area contributed by atoms with Gasteiger partial charge in [-0.15, -0.1) is 11.3 Å². The van der Waals surface area contributed by atoms with Crippen LogP contribution in [0.15, 0.2) is 16.2 Å². The Bertz CT molecular complexity index is 1300. The van der Waals surface area contributed by atoms with Crippen molar-refractivity contribution < 1.29 is 77.8 Å². The first kappa shape index (κ1) is 11.2. The second kappa shape index (κ2) is 10.5. The molecule has 1 amide bonds. The van der Waals surface area contributed by atoms with Gasteiger partial charge in [-0.25, -0.2) is 0 Å². The molecule has 6 nitrogen and oxygen atoms in total. The van der Waals surface area contributed by atoms with E-state index in [-0.39, 0.29) is 82.6 Å². The number of carbonyl (C=O) groups excluding carboxylic acids is 1. The second-order valence-corrected chi connectivity index (χ2v) is 6.48. The summed E-state index contributed by atoms with van der Waals surface area (Å²) >= 11 is 0.404. The van der Waals surface area contributed by atoms with E-state index in [1.807, 2.05) is 0 Å². The summed E-state index contributed by atoms with van der Waals surface area (Å²) in [6.07, 6.45) is -1.96. The quantitative estimate of drug-likeness (QED) is 0.620. The number of piperidine rings is 1. The number of fused-ring (bicyclic) bond motifs is 1. The van der Waals surface area contributed by atoms with Crippen molar-refractivity contribution in [3.05, 3.63) is 27.3 Å². The molecule has 1 saturated heterocycles. The number of hydrogen-bond acceptors (Lipinski definition) is 5. The average Bonchev–Trinajstić information content (AvgIpc) is 3.05. The Hall–Kier alpha value is -0.224. The fraction of sp³-hybridized carbons (Fsp3) is 0.579. The maximum atomic E-state index is 13.4. The predicted octanol–water partition coefficient (Wildman–Crippen LogP) is -0.673. The molecule has 0 radical (unpaired) electrons. The van der Waals surface area contributed by atoms with Gasteiger partial charge >= 0.3 is 51.4 Å². The average molecular weight is 428 g/mol. The number of nitrogens with zero attached hydrogens (tertiary/aromatic N) is 2. The monoisotopic (exact) mass is 427 g/mol. The summed E-state index contributed by atoms with van der Waals surface area (Å²) in [6, 6.07) is -3.47. The van der Waals surface area contributed by atoms with Gasteiger partial charge in [0.15, 0.2) is 1.41 Å². The van der Waals surface area contributed by atoms with Crippen molar-refractivity contribution in [2.75, 3.05) is 26.1 Å². The summed E-state index contributed by atoms with van der Waals surface area (Å²) in [5.41, 5.74) is -2.92. The number of likely N-dealkylation sites (tertiary alicyclic amines) is 1. The van der Waals surface area contributed by atoms with Crippen LogP contribution in [0.2, 0.25) is 1.41 Å². The van der Waals surface area contributed by atoms with E-state index in [1.54, 1.807) is 0 Å². The summed E-state index contributed by atoms with van der Waals surface area (Å²) in [5.74, 6) is -3.14. The summed E-state index contributed by atoms with van der Waals surface area (Å²) in [6.45, 7) is -6.23. The van der Waals surface area contributed by atoms with Gasteiger partial charge in [-0.05, 0) is 64.0 Å². The van der Waals surface area contributed by atoms with Crippen molar-refractivity contribution in [2.24, 2.45) is 0 Å². The van der Waals surface area contributed by atoms with Crippen molar-refractivity contribution in [1.82, 2.24) is 14.8 Å². The van der Waals surface area contributed by atoms with Crippen LogP contribution in [-0.4, -0.2) is 41.5 Å². The number of rotatable bonds is 6. The van der Waals surface area contributed by atoms with E-state index >= 15 is 0 Å². The van der Waals surface area contributed by atoms with E-state index in [0.29, 0.717) is 15.9 Å². The molecule has 2 aromatic rings. The maximum Gasteiger partial charge on any atom is 1.00 e. The fourth-order valence-corrected chi connectivity index (χ4v) is 3.47. The molecule has 2 aromatic heterocycles. The van der Waals surface area contributed by atoms with Gasteiger partial charge in [0.2, 0.25) is 0 Å². The Kier molecular flexibility index (Phi) is 4.38. The first-order valence-corrected chi connectivity index (χ1v) is 8.81. The zero-order valence-corrected chi connectivity index (χ0v) is 19.0.